The van der Waals surface area contributed by atoms with Crippen molar-refractivity contribution in [3.63, 3.8) is 0 Å². The normalized spacial score (nSPS) is 10.9. The molecule has 1 aromatic rings. The molecule has 0 radical (unpaired) electrons. The fourth-order valence-electron chi connectivity index (χ4n) is 1.91. The van der Waals surface area contributed by atoms with E-state index in [1.54, 1.807) is 12.2 Å². The first kappa shape index (κ1) is 14.2. The van der Waals surface area contributed by atoms with Gasteiger partial charge < -0.3 is 4.90 Å². The largest absolute Gasteiger partial charge is 0.308 e. The molecule has 2 nitrogen and oxygen atoms in total. The fourth-order valence-corrected chi connectivity index (χ4v) is 3.11. The highest BCUT2D eigenvalue weighted by molar-refractivity contribution is 14.1. The van der Waals surface area contributed by atoms with Gasteiger partial charge in [0.2, 0.25) is 0 Å². The molecule has 1 amide bonds. The van der Waals surface area contributed by atoms with E-state index >= 15 is 0 Å². The Morgan fingerprint density at radius 1 is 1.41 bits per heavy atom. The van der Waals surface area contributed by atoms with Crippen LogP contribution in [0.1, 0.15) is 25.0 Å². The van der Waals surface area contributed by atoms with Gasteiger partial charge >= 0.3 is 0 Å². The van der Waals surface area contributed by atoms with E-state index in [0.29, 0.717) is 6.54 Å². The number of benzene rings is 1. The van der Waals surface area contributed by atoms with Gasteiger partial charge in [0.1, 0.15) is 0 Å². The summed E-state index contributed by atoms with van der Waals surface area (Å²) in [7, 11) is 0. The molecule has 0 atom stereocenters. The summed E-state index contributed by atoms with van der Waals surface area (Å²) in [6, 6.07) is 4.22. The van der Waals surface area contributed by atoms with Gasteiger partial charge in [0.15, 0.2) is 0 Å². The molecule has 0 aromatic heterocycles. The lowest BCUT2D eigenvalue weighted by Crippen LogP contribution is -2.30. The number of carbonyl (C=O) groups excluding carboxylic acids is 1. The van der Waals surface area contributed by atoms with Crippen molar-refractivity contribution in [1.82, 2.24) is 0 Å². The van der Waals surface area contributed by atoms with Gasteiger partial charge in [-0.2, -0.15) is 0 Å². The van der Waals surface area contributed by atoms with Crippen LogP contribution in [0.25, 0.3) is 0 Å². The Labute approximate surface area is 117 Å². The molecule has 92 valence electrons. The highest BCUT2D eigenvalue weighted by Gasteiger charge is 2.16. The van der Waals surface area contributed by atoms with E-state index in [1.807, 2.05) is 18.7 Å². The molecule has 1 aromatic carbocycles. The number of carbonyl (C=O) groups is 1. The van der Waals surface area contributed by atoms with Gasteiger partial charge in [-0.25, -0.2) is 0 Å². The summed E-state index contributed by atoms with van der Waals surface area (Å²) in [5, 5.41) is 0. The zero-order valence-corrected chi connectivity index (χ0v) is 12.9. The number of likely N-dealkylation sites (N-methyl/N-ethyl adjacent to an activating group) is 1. The number of allylic oxidation sites excluding steroid dienone is 1. The van der Waals surface area contributed by atoms with Gasteiger partial charge in [0.25, 0.3) is 5.91 Å². The molecule has 0 heterocycles. The number of nitrogens with zero attached hydrogens (tertiary/aromatic N) is 1. The molecule has 0 aliphatic carbocycles. The lowest BCUT2D eigenvalue weighted by atomic mass is 10.1. The first-order chi connectivity index (χ1) is 8.01. The molecule has 0 aliphatic rings. The van der Waals surface area contributed by atoms with Crippen LogP contribution in [0.2, 0.25) is 0 Å². The molecular formula is C14H18INO. The van der Waals surface area contributed by atoms with Crippen LogP contribution in [0.15, 0.2) is 24.3 Å². The molecule has 0 aliphatic heterocycles. The SMILES string of the molecule is C/C=C/C(=O)N(CC)c1c(C)cc(C)cc1I. The second kappa shape index (κ2) is 6.19. The van der Waals surface area contributed by atoms with Crippen molar-refractivity contribution in [3.8, 4) is 0 Å². The van der Waals surface area contributed by atoms with Crippen LogP contribution < -0.4 is 4.90 Å². The number of rotatable bonds is 3. The first-order valence-corrected chi connectivity index (χ1v) is 6.80. The van der Waals surface area contributed by atoms with Crippen molar-refractivity contribution in [1.29, 1.82) is 0 Å². The molecule has 0 spiro atoms. The first-order valence-electron chi connectivity index (χ1n) is 5.72. The topological polar surface area (TPSA) is 20.3 Å². The Kier molecular flexibility index (Phi) is 5.18. The maximum atomic E-state index is 12.0. The summed E-state index contributed by atoms with van der Waals surface area (Å²) in [6.07, 6.45) is 3.39. The lowest BCUT2D eigenvalue weighted by Gasteiger charge is -2.23. The van der Waals surface area contributed by atoms with Crippen molar-refractivity contribution < 1.29 is 4.79 Å². The van der Waals surface area contributed by atoms with Crippen LogP contribution in [0.3, 0.4) is 0 Å². The zero-order chi connectivity index (χ0) is 13.0. The van der Waals surface area contributed by atoms with Crippen molar-refractivity contribution in [2.75, 3.05) is 11.4 Å². The Morgan fingerprint density at radius 3 is 2.53 bits per heavy atom. The third-order valence-electron chi connectivity index (χ3n) is 2.56. The third kappa shape index (κ3) is 3.31. The molecule has 0 bridgehead atoms. The van der Waals surface area contributed by atoms with Crippen LogP contribution in [-0.2, 0) is 4.79 Å². The minimum Gasteiger partial charge on any atom is -0.308 e. The Balaban J connectivity index is 3.25. The van der Waals surface area contributed by atoms with Gasteiger partial charge in [-0.15, -0.1) is 0 Å². The summed E-state index contributed by atoms with van der Waals surface area (Å²) in [5.74, 6) is 0.0415. The van der Waals surface area contributed by atoms with E-state index in [9.17, 15) is 4.79 Å². The van der Waals surface area contributed by atoms with Gasteiger partial charge in [0.05, 0.1) is 5.69 Å². The van der Waals surface area contributed by atoms with E-state index in [2.05, 4.69) is 48.6 Å². The van der Waals surface area contributed by atoms with Gasteiger partial charge in [0, 0.05) is 10.1 Å². The highest BCUT2D eigenvalue weighted by atomic mass is 127. The number of aryl methyl sites for hydroxylation is 2. The number of hydrogen-bond donors (Lipinski definition) is 0. The second-order valence-electron chi connectivity index (χ2n) is 3.99. The number of halogens is 1. The van der Waals surface area contributed by atoms with Gasteiger partial charge in [-0.05, 0) is 73.6 Å². The van der Waals surface area contributed by atoms with Gasteiger partial charge in [-0.1, -0.05) is 12.1 Å². The predicted octanol–water partition coefficient (Wildman–Crippen LogP) is 3.84. The Hall–Kier alpha value is -0.840. The van der Waals surface area contributed by atoms with Crippen LogP contribution in [0.4, 0.5) is 5.69 Å². The summed E-state index contributed by atoms with van der Waals surface area (Å²) in [5.41, 5.74) is 3.40. The maximum absolute atomic E-state index is 12.0. The molecule has 17 heavy (non-hydrogen) atoms. The molecule has 0 unspecified atom stereocenters. The summed E-state index contributed by atoms with van der Waals surface area (Å²) in [6.45, 7) is 8.66. The molecule has 0 saturated carbocycles. The highest BCUT2D eigenvalue weighted by Crippen LogP contribution is 2.28. The monoisotopic (exact) mass is 343 g/mol. The fraction of sp³-hybridized carbons (Fsp3) is 0.357. The summed E-state index contributed by atoms with van der Waals surface area (Å²) < 4.78 is 1.12. The van der Waals surface area contributed by atoms with Crippen LogP contribution in [0, 0.1) is 17.4 Å². The molecule has 1 rings (SSSR count). The zero-order valence-electron chi connectivity index (χ0n) is 10.7. The van der Waals surface area contributed by atoms with Crippen LogP contribution in [-0.4, -0.2) is 12.5 Å². The van der Waals surface area contributed by atoms with Crippen LogP contribution in [0.5, 0.6) is 0 Å². The Morgan fingerprint density at radius 2 is 2.06 bits per heavy atom. The Bertz CT molecular complexity index is 429. The number of anilines is 1. The van der Waals surface area contributed by atoms with Crippen molar-refractivity contribution >= 4 is 34.2 Å². The van der Waals surface area contributed by atoms with E-state index in [-0.39, 0.29) is 5.91 Å². The van der Waals surface area contributed by atoms with E-state index in [4.69, 9.17) is 0 Å². The molecule has 0 N–H and O–H groups in total. The minimum absolute atomic E-state index is 0.0415. The predicted molar refractivity (Wildman–Crippen MR) is 81.5 cm³/mol. The minimum atomic E-state index is 0.0415. The van der Waals surface area contributed by atoms with Gasteiger partial charge in [-0.3, -0.25) is 4.79 Å². The molecule has 3 heteroatoms. The third-order valence-corrected chi connectivity index (χ3v) is 3.38. The van der Waals surface area contributed by atoms with E-state index < -0.39 is 0 Å². The van der Waals surface area contributed by atoms with E-state index in [0.717, 1.165) is 14.8 Å². The summed E-state index contributed by atoms with van der Waals surface area (Å²) >= 11 is 2.29. The number of hydrogen-bond acceptors (Lipinski definition) is 1. The average Bonchev–Trinajstić information content (AvgIpc) is 2.23. The molecular weight excluding hydrogens is 325 g/mol. The quantitative estimate of drug-likeness (QED) is 0.603. The van der Waals surface area contributed by atoms with E-state index in [1.165, 1.54) is 5.56 Å². The maximum Gasteiger partial charge on any atom is 0.250 e. The second-order valence-corrected chi connectivity index (χ2v) is 5.16. The van der Waals surface area contributed by atoms with Crippen molar-refractivity contribution in [2.24, 2.45) is 0 Å². The summed E-state index contributed by atoms with van der Waals surface area (Å²) in [4.78, 5) is 13.8. The molecule has 0 fully saturated rings. The number of amides is 1. The van der Waals surface area contributed by atoms with Crippen molar-refractivity contribution in [2.45, 2.75) is 27.7 Å². The molecule has 0 saturated heterocycles. The van der Waals surface area contributed by atoms with Crippen LogP contribution >= 0.6 is 22.6 Å². The average molecular weight is 343 g/mol. The van der Waals surface area contributed by atoms with Crippen molar-refractivity contribution in [3.05, 3.63) is 39.0 Å². The standard InChI is InChI=1S/C14H18INO/c1-5-7-13(17)16(6-2)14-11(4)8-10(3)9-12(14)15/h5,7-9H,6H2,1-4H3/b7-5+. The smallest absolute Gasteiger partial charge is 0.250 e. The lowest BCUT2D eigenvalue weighted by molar-refractivity contribution is -0.114.